The molecule has 27 heavy (non-hydrogen) atoms. The molecule has 0 unspecified atom stereocenters. The second-order valence-electron chi connectivity index (χ2n) is 6.73. The zero-order valence-electron chi connectivity index (χ0n) is 15.3. The summed E-state index contributed by atoms with van der Waals surface area (Å²) in [5.74, 6) is 0.0372. The minimum atomic E-state index is -0.125. The number of imidazole rings is 1. The summed E-state index contributed by atoms with van der Waals surface area (Å²) < 4.78 is 3.74. The number of hydrogen-bond donors (Lipinski definition) is 2. The number of rotatable bonds is 5. The molecular weight excluding hydrogens is 360 g/mol. The van der Waals surface area contributed by atoms with Gasteiger partial charge in [-0.05, 0) is 29.5 Å². The van der Waals surface area contributed by atoms with Crippen molar-refractivity contribution >= 4 is 23.4 Å². The number of aryl methyl sites for hydroxylation is 2. The largest absolute Gasteiger partial charge is 0.329 e. The molecule has 140 valence electrons. The van der Waals surface area contributed by atoms with Gasteiger partial charge in [0.1, 0.15) is 0 Å². The van der Waals surface area contributed by atoms with Crippen LogP contribution in [-0.2, 0) is 18.9 Å². The maximum absolute atomic E-state index is 13.0. The van der Waals surface area contributed by atoms with Gasteiger partial charge in [0.2, 0.25) is 5.91 Å². The monoisotopic (exact) mass is 382 g/mol. The summed E-state index contributed by atoms with van der Waals surface area (Å²) in [5, 5.41) is 11.6. The van der Waals surface area contributed by atoms with Crippen LogP contribution in [0.2, 0.25) is 0 Å². The van der Waals surface area contributed by atoms with Crippen molar-refractivity contribution in [1.29, 1.82) is 0 Å². The van der Waals surface area contributed by atoms with Crippen molar-refractivity contribution in [2.24, 2.45) is 20.0 Å². The molecule has 1 amide bonds. The number of hydrogen-bond acceptors (Lipinski definition) is 5. The van der Waals surface area contributed by atoms with E-state index in [9.17, 15) is 4.79 Å². The molecule has 1 fully saturated rings. The molecule has 3 aromatic rings. The third-order valence-corrected chi connectivity index (χ3v) is 5.98. The predicted octanol–water partition coefficient (Wildman–Crippen LogP) is 2.25. The van der Waals surface area contributed by atoms with E-state index in [2.05, 4.69) is 20.7 Å². The van der Waals surface area contributed by atoms with Crippen LogP contribution in [0.3, 0.4) is 0 Å². The van der Waals surface area contributed by atoms with Crippen molar-refractivity contribution in [3.63, 3.8) is 0 Å². The number of carbonyl (C=O) groups excluding carboxylic acids is 1. The topological polar surface area (TPSA) is 76.8 Å². The molecule has 0 aliphatic carbocycles. The first-order chi connectivity index (χ1) is 13.1. The SMILES string of the molecule is Cn1cc([C@H]2CNC[C@@H]2C(=O)Nc2ccccc2Sc2nccn2C)cn1. The molecule has 1 aromatic carbocycles. The van der Waals surface area contributed by atoms with Gasteiger partial charge in [-0.3, -0.25) is 9.48 Å². The molecule has 2 N–H and O–H groups in total. The lowest BCUT2D eigenvalue weighted by atomic mass is 9.90. The van der Waals surface area contributed by atoms with Crippen LogP contribution in [0.25, 0.3) is 0 Å². The van der Waals surface area contributed by atoms with E-state index in [0.29, 0.717) is 6.54 Å². The van der Waals surface area contributed by atoms with Gasteiger partial charge in [0.15, 0.2) is 5.16 Å². The molecule has 4 rings (SSSR count). The van der Waals surface area contributed by atoms with Gasteiger partial charge in [0.25, 0.3) is 0 Å². The van der Waals surface area contributed by atoms with Crippen molar-refractivity contribution in [2.75, 3.05) is 18.4 Å². The highest BCUT2D eigenvalue weighted by Crippen LogP contribution is 2.34. The van der Waals surface area contributed by atoms with E-state index in [0.717, 1.165) is 27.8 Å². The maximum Gasteiger partial charge on any atom is 0.229 e. The Morgan fingerprint density at radius 2 is 2.15 bits per heavy atom. The Morgan fingerprint density at radius 3 is 2.89 bits per heavy atom. The van der Waals surface area contributed by atoms with Crippen LogP contribution in [0.4, 0.5) is 5.69 Å². The third-order valence-electron chi connectivity index (χ3n) is 4.83. The molecule has 0 spiro atoms. The van der Waals surface area contributed by atoms with Crippen molar-refractivity contribution in [3.8, 4) is 0 Å². The van der Waals surface area contributed by atoms with Crippen LogP contribution in [0.15, 0.2) is 59.1 Å². The Labute approximate surface area is 162 Å². The molecule has 1 aliphatic rings. The van der Waals surface area contributed by atoms with Crippen LogP contribution < -0.4 is 10.6 Å². The highest BCUT2D eigenvalue weighted by atomic mass is 32.2. The molecule has 7 nitrogen and oxygen atoms in total. The lowest BCUT2D eigenvalue weighted by Gasteiger charge is -2.18. The molecule has 2 aromatic heterocycles. The fraction of sp³-hybridized carbons (Fsp3) is 0.316. The number of para-hydroxylation sites is 1. The van der Waals surface area contributed by atoms with Crippen LogP contribution in [0.1, 0.15) is 11.5 Å². The summed E-state index contributed by atoms with van der Waals surface area (Å²) in [7, 11) is 3.85. The quantitative estimate of drug-likeness (QED) is 0.708. The lowest BCUT2D eigenvalue weighted by Crippen LogP contribution is -2.28. The molecule has 0 radical (unpaired) electrons. The lowest BCUT2D eigenvalue weighted by molar-refractivity contribution is -0.119. The highest BCUT2D eigenvalue weighted by molar-refractivity contribution is 7.99. The van der Waals surface area contributed by atoms with Gasteiger partial charge in [0, 0.05) is 56.6 Å². The van der Waals surface area contributed by atoms with Crippen LogP contribution in [0, 0.1) is 5.92 Å². The minimum Gasteiger partial charge on any atom is -0.329 e. The average Bonchev–Trinajstić information content (AvgIpc) is 3.38. The number of anilines is 1. The van der Waals surface area contributed by atoms with Gasteiger partial charge < -0.3 is 15.2 Å². The third kappa shape index (κ3) is 3.77. The fourth-order valence-electron chi connectivity index (χ4n) is 3.37. The van der Waals surface area contributed by atoms with Crippen molar-refractivity contribution in [1.82, 2.24) is 24.6 Å². The molecule has 3 heterocycles. The Bertz CT molecular complexity index is 949. The molecule has 1 aliphatic heterocycles. The molecule has 0 saturated carbocycles. The first kappa shape index (κ1) is 17.8. The van der Waals surface area contributed by atoms with Crippen molar-refractivity contribution in [2.45, 2.75) is 16.0 Å². The van der Waals surface area contributed by atoms with E-state index in [4.69, 9.17) is 0 Å². The normalized spacial score (nSPS) is 19.3. The summed E-state index contributed by atoms with van der Waals surface area (Å²) in [5.41, 5.74) is 1.91. The van der Waals surface area contributed by atoms with Gasteiger partial charge in [-0.15, -0.1) is 0 Å². The number of benzene rings is 1. The Morgan fingerprint density at radius 1 is 1.30 bits per heavy atom. The molecule has 0 bridgehead atoms. The maximum atomic E-state index is 13.0. The summed E-state index contributed by atoms with van der Waals surface area (Å²) in [4.78, 5) is 18.4. The number of amides is 1. The van der Waals surface area contributed by atoms with Gasteiger partial charge in [-0.1, -0.05) is 12.1 Å². The van der Waals surface area contributed by atoms with Gasteiger partial charge in [-0.25, -0.2) is 4.98 Å². The number of aromatic nitrogens is 4. The minimum absolute atomic E-state index is 0.0294. The molecule has 8 heteroatoms. The number of nitrogens with zero attached hydrogens (tertiary/aromatic N) is 4. The summed E-state index contributed by atoms with van der Waals surface area (Å²) in [6.45, 7) is 1.45. The standard InChI is InChI=1S/C19H22N6OS/c1-24-8-7-21-19(24)27-17-6-4-3-5-16(17)23-18(26)15-11-20-10-14(15)13-9-22-25(2)12-13/h3-9,12,14-15,20H,10-11H2,1-2H3,(H,23,26)/t14-,15+/m1/s1. The van der Waals surface area contributed by atoms with E-state index < -0.39 is 0 Å². The summed E-state index contributed by atoms with van der Waals surface area (Å²) in [6.07, 6.45) is 7.52. The smallest absolute Gasteiger partial charge is 0.229 e. The number of carbonyl (C=O) groups is 1. The van der Waals surface area contributed by atoms with Gasteiger partial charge in [-0.2, -0.15) is 5.10 Å². The van der Waals surface area contributed by atoms with Gasteiger partial charge in [0.05, 0.1) is 17.8 Å². The van der Waals surface area contributed by atoms with E-state index in [1.54, 1.807) is 22.6 Å². The second-order valence-corrected chi connectivity index (χ2v) is 7.74. The highest BCUT2D eigenvalue weighted by Gasteiger charge is 2.35. The first-order valence-electron chi connectivity index (χ1n) is 8.86. The van der Waals surface area contributed by atoms with E-state index in [-0.39, 0.29) is 17.7 Å². The molecule has 1 saturated heterocycles. The Balaban J connectivity index is 1.52. The summed E-state index contributed by atoms with van der Waals surface area (Å²) >= 11 is 1.54. The van der Waals surface area contributed by atoms with Crippen molar-refractivity contribution < 1.29 is 4.79 Å². The average molecular weight is 382 g/mol. The van der Waals surface area contributed by atoms with E-state index in [1.165, 1.54) is 0 Å². The first-order valence-corrected chi connectivity index (χ1v) is 9.68. The van der Waals surface area contributed by atoms with E-state index >= 15 is 0 Å². The van der Waals surface area contributed by atoms with E-state index in [1.807, 2.05) is 61.5 Å². The molecular formula is C19H22N6OS. The molecule has 2 atom stereocenters. The number of nitrogens with one attached hydrogen (secondary N) is 2. The van der Waals surface area contributed by atoms with Crippen molar-refractivity contribution in [3.05, 3.63) is 54.6 Å². The van der Waals surface area contributed by atoms with Crippen LogP contribution in [-0.4, -0.2) is 38.3 Å². The predicted molar refractivity (Wildman–Crippen MR) is 105 cm³/mol. The van der Waals surface area contributed by atoms with Crippen LogP contribution >= 0.6 is 11.8 Å². The zero-order valence-corrected chi connectivity index (χ0v) is 16.1. The van der Waals surface area contributed by atoms with Crippen LogP contribution in [0.5, 0.6) is 0 Å². The second kappa shape index (κ2) is 7.58. The fourth-order valence-corrected chi connectivity index (χ4v) is 4.26. The Kier molecular flexibility index (Phi) is 5.00. The van der Waals surface area contributed by atoms with Gasteiger partial charge >= 0.3 is 0 Å². The zero-order chi connectivity index (χ0) is 18.8. The summed E-state index contributed by atoms with van der Waals surface area (Å²) in [6, 6.07) is 7.84. The Hall–Kier alpha value is -2.58.